The van der Waals surface area contributed by atoms with E-state index in [2.05, 4.69) is 11.4 Å². The molecule has 1 heterocycles. The minimum absolute atomic E-state index is 0.114. The molecular weight excluding hydrogens is 265 g/mol. The highest BCUT2D eigenvalue weighted by molar-refractivity contribution is 5.43. The van der Waals surface area contributed by atoms with Gasteiger partial charge in [-0.15, -0.1) is 0 Å². The van der Waals surface area contributed by atoms with Crippen LogP contribution in [0, 0.1) is 19.7 Å². The van der Waals surface area contributed by atoms with Crippen LogP contribution in [-0.4, -0.2) is 13.7 Å². The van der Waals surface area contributed by atoms with E-state index < -0.39 is 0 Å². The summed E-state index contributed by atoms with van der Waals surface area (Å²) in [4.78, 5) is 0. The van der Waals surface area contributed by atoms with E-state index in [1.165, 1.54) is 5.56 Å². The zero-order valence-corrected chi connectivity index (χ0v) is 12.6. The predicted octanol–water partition coefficient (Wildman–Crippen LogP) is 3.88. The van der Waals surface area contributed by atoms with Gasteiger partial charge in [-0.2, -0.15) is 0 Å². The number of hydrogen-bond donors (Lipinski definition) is 1. The maximum absolute atomic E-state index is 13.8. The molecule has 3 heteroatoms. The summed E-state index contributed by atoms with van der Waals surface area (Å²) in [6.45, 7) is 4.29. The zero-order valence-electron chi connectivity index (χ0n) is 12.6. The number of hydrogen-bond acceptors (Lipinski definition) is 2. The van der Waals surface area contributed by atoms with E-state index in [1.54, 1.807) is 0 Å². The molecule has 110 valence electrons. The Balaban J connectivity index is 2.00. The highest BCUT2D eigenvalue weighted by Crippen LogP contribution is 2.41. The van der Waals surface area contributed by atoms with Crippen LogP contribution in [0.1, 0.15) is 34.2 Å². The number of benzene rings is 2. The van der Waals surface area contributed by atoms with Gasteiger partial charge >= 0.3 is 0 Å². The number of likely N-dealkylation sites (N-methyl/N-ethyl adjacent to an activating group) is 1. The van der Waals surface area contributed by atoms with Gasteiger partial charge in [-0.25, -0.2) is 4.39 Å². The lowest BCUT2D eigenvalue weighted by atomic mass is 9.87. The Morgan fingerprint density at radius 3 is 2.52 bits per heavy atom. The quantitative estimate of drug-likeness (QED) is 0.924. The molecule has 0 amide bonds. The maximum Gasteiger partial charge on any atom is 0.129 e. The largest absolute Gasteiger partial charge is 0.493 e. The lowest BCUT2D eigenvalue weighted by molar-refractivity contribution is 0.304. The highest BCUT2D eigenvalue weighted by Gasteiger charge is 2.31. The second-order valence-electron chi connectivity index (χ2n) is 5.69. The van der Waals surface area contributed by atoms with Crippen molar-refractivity contribution in [2.75, 3.05) is 13.7 Å². The molecule has 2 nitrogen and oxygen atoms in total. The van der Waals surface area contributed by atoms with Crippen molar-refractivity contribution in [3.63, 3.8) is 0 Å². The van der Waals surface area contributed by atoms with Crippen molar-refractivity contribution in [2.45, 2.75) is 25.8 Å². The summed E-state index contributed by atoms with van der Waals surface area (Å²) in [6.07, 6.45) is 0. The van der Waals surface area contributed by atoms with Crippen LogP contribution in [-0.2, 0) is 0 Å². The first-order valence-electron chi connectivity index (χ1n) is 7.27. The van der Waals surface area contributed by atoms with Crippen molar-refractivity contribution in [1.82, 2.24) is 5.32 Å². The van der Waals surface area contributed by atoms with Crippen LogP contribution in [0.15, 0.2) is 36.4 Å². The SMILES string of the molecule is CNC(c1cc(C)c(F)c(C)c1)C1COc2ccccc21. The minimum Gasteiger partial charge on any atom is -0.493 e. The van der Waals surface area contributed by atoms with E-state index in [1.807, 2.05) is 51.2 Å². The smallest absolute Gasteiger partial charge is 0.129 e. The Bertz CT molecular complexity index is 645. The van der Waals surface area contributed by atoms with Crippen LogP contribution >= 0.6 is 0 Å². The molecule has 0 aromatic heterocycles. The van der Waals surface area contributed by atoms with Crippen molar-refractivity contribution < 1.29 is 9.13 Å². The summed E-state index contributed by atoms with van der Waals surface area (Å²) in [5.74, 6) is 1.09. The molecule has 0 fully saturated rings. The normalized spacial score (nSPS) is 18.2. The molecule has 1 aliphatic rings. The fourth-order valence-corrected chi connectivity index (χ4v) is 3.22. The lowest BCUT2D eigenvalue weighted by Gasteiger charge is -2.24. The molecule has 1 N–H and O–H groups in total. The first-order valence-corrected chi connectivity index (χ1v) is 7.27. The van der Waals surface area contributed by atoms with Crippen LogP contribution < -0.4 is 10.1 Å². The van der Waals surface area contributed by atoms with Gasteiger partial charge in [0.2, 0.25) is 0 Å². The predicted molar refractivity (Wildman–Crippen MR) is 82.4 cm³/mol. The summed E-state index contributed by atoms with van der Waals surface area (Å²) < 4.78 is 19.6. The maximum atomic E-state index is 13.8. The first kappa shape index (κ1) is 14.1. The highest BCUT2D eigenvalue weighted by atomic mass is 19.1. The molecule has 0 saturated carbocycles. The van der Waals surface area contributed by atoms with E-state index >= 15 is 0 Å². The Morgan fingerprint density at radius 2 is 1.86 bits per heavy atom. The molecule has 2 unspecified atom stereocenters. The zero-order chi connectivity index (χ0) is 15.0. The molecule has 21 heavy (non-hydrogen) atoms. The van der Waals surface area contributed by atoms with Crippen LogP contribution in [0.4, 0.5) is 4.39 Å². The van der Waals surface area contributed by atoms with E-state index in [9.17, 15) is 4.39 Å². The van der Waals surface area contributed by atoms with Crippen molar-refractivity contribution in [1.29, 1.82) is 0 Å². The Morgan fingerprint density at radius 1 is 1.19 bits per heavy atom. The molecule has 3 rings (SSSR count). The van der Waals surface area contributed by atoms with Crippen molar-refractivity contribution in [3.05, 3.63) is 64.5 Å². The molecule has 2 aromatic rings. The number of ether oxygens (including phenoxy) is 1. The Hall–Kier alpha value is -1.87. The summed E-state index contributed by atoms with van der Waals surface area (Å²) in [5.41, 5.74) is 3.71. The summed E-state index contributed by atoms with van der Waals surface area (Å²) in [6, 6.07) is 12.1. The summed E-state index contributed by atoms with van der Waals surface area (Å²) in [5, 5.41) is 3.37. The summed E-state index contributed by atoms with van der Waals surface area (Å²) >= 11 is 0. The van der Waals surface area contributed by atoms with Gasteiger partial charge in [-0.1, -0.05) is 30.3 Å². The van der Waals surface area contributed by atoms with Gasteiger partial charge in [0.05, 0.1) is 6.61 Å². The minimum atomic E-state index is -0.114. The lowest BCUT2D eigenvalue weighted by Crippen LogP contribution is -2.25. The number of halogens is 1. The molecule has 0 aliphatic carbocycles. The topological polar surface area (TPSA) is 21.3 Å². The first-order chi connectivity index (χ1) is 10.1. The average Bonchev–Trinajstić information content (AvgIpc) is 2.90. The fourth-order valence-electron chi connectivity index (χ4n) is 3.22. The molecule has 0 radical (unpaired) electrons. The average molecular weight is 285 g/mol. The number of nitrogens with one attached hydrogen (secondary N) is 1. The molecule has 0 spiro atoms. The van der Waals surface area contributed by atoms with Crippen molar-refractivity contribution >= 4 is 0 Å². The number of rotatable bonds is 3. The van der Waals surface area contributed by atoms with E-state index in [0.29, 0.717) is 17.7 Å². The van der Waals surface area contributed by atoms with Crippen molar-refractivity contribution in [2.24, 2.45) is 0 Å². The van der Waals surface area contributed by atoms with Crippen molar-refractivity contribution in [3.8, 4) is 5.75 Å². The van der Waals surface area contributed by atoms with Gasteiger partial charge in [0.15, 0.2) is 0 Å². The van der Waals surface area contributed by atoms with Gasteiger partial charge in [0.1, 0.15) is 11.6 Å². The van der Waals surface area contributed by atoms with Crippen LogP contribution in [0.3, 0.4) is 0 Å². The fraction of sp³-hybridized carbons (Fsp3) is 0.333. The van der Waals surface area contributed by atoms with Gasteiger partial charge in [-0.3, -0.25) is 0 Å². The third-order valence-corrected chi connectivity index (χ3v) is 4.27. The van der Waals surface area contributed by atoms with Crippen LogP contribution in [0.5, 0.6) is 5.75 Å². The third-order valence-electron chi connectivity index (χ3n) is 4.27. The molecule has 1 aliphatic heterocycles. The van der Waals surface area contributed by atoms with E-state index in [0.717, 1.165) is 11.3 Å². The second-order valence-corrected chi connectivity index (χ2v) is 5.69. The van der Waals surface area contributed by atoms with E-state index in [-0.39, 0.29) is 17.8 Å². The van der Waals surface area contributed by atoms with Crippen LogP contribution in [0.2, 0.25) is 0 Å². The standard InChI is InChI=1S/C18H20FNO/c1-11-8-13(9-12(2)17(11)19)18(20-3)15-10-21-16-7-5-4-6-14(15)16/h4-9,15,18,20H,10H2,1-3H3. The number of aryl methyl sites for hydroxylation is 2. The number of para-hydroxylation sites is 1. The van der Waals surface area contributed by atoms with Gasteiger partial charge in [-0.05, 0) is 43.7 Å². The molecule has 2 aromatic carbocycles. The second kappa shape index (κ2) is 5.49. The molecular formula is C18H20FNO. The monoisotopic (exact) mass is 285 g/mol. The molecule has 2 atom stereocenters. The van der Waals surface area contributed by atoms with Gasteiger partial charge in [0.25, 0.3) is 0 Å². The van der Waals surface area contributed by atoms with E-state index in [4.69, 9.17) is 4.74 Å². The Labute approximate surface area is 125 Å². The number of fused-ring (bicyclic) bond motifs is 1. The third kappa shape index (κ3) is 2.42. The Kier molecular flexibility index (Phi) is 3.68. The van der Waals surface area contributed by atoms with Gasteiger partial charge in [0, 0.05) is 17.5 Å². The van der Waals surface area contributed by atoms with Gasteiger partial charge < -0.3 is 10.1 Å². The summed E-state index contributed by atoms with van der Waals surface area (Å²) in [7, 11) is 1.94. The molecule has 0 saturated heterocycles. The van der Waals surface area contributed by atoms with Crippen LogP contribution in [0.25, 0.3) is 0 Å². The molecule has 0 bridgehead atoms.